The van der Waals surface area contributed by atoms with E-state index in [-0.39, 0.29) is 12.6 Å². The van der Waals surface area contributed by atoms with E-state index in [1.165, 1.54) is 12.5 Å². The van der Waals surface area contributed by atoms with Crippen molar-refractivity contribution in [3.05, 3.63) is 11.6 Å². The molecule has 1 atom stereocenters. The molecule has 0 saturated heterocycles. The second kappa shape index (κ2) is 4.26. The standard InChI is InChI=1S/C9H14O3/c1-7(11)12-5-4-8-2-3-9(8)6-10/h4,9-10H,2-3,5-6H2,1H3/b8-4-. The van der Waals surface area contributed by atoms with E-state index in [2.05, 4.69) is 0 Å². The molecule has 0 heterocycles. The van der Waals surface area contributed by atoms with Gasteiger partial charge in [0.25, 0.3) is 0 Å². The van der Waals surface area contributed by atoms with Crippen molar-refractivity contribution in [3.8, 4) is 0 Å². The van der Waals surface area contributed by atoms with Gasteiger partial charge < -0.3 is 9.84 Å². The van der Waals surface area contributed by atoms with Gasteiger partial charge in [-0.1, -0.05) is 5.57 Å². The lowest BCUT2D eigenvalue weighted by Gasteiger charge is -2.27. The van der Waals surface area contributed by atoms with Crippen LogP contribution in [0.25, 0.3) is 0 Å². The Labute approximate surface area is 72.0 Å². The molecule has 1 aliphatic carbocycles. The van der Waals surface area contributed by atoms with Gasteiger partial charge in [0.05, 0.1) is 0 Å². The van der Waals surface area contributed by atoms with E-state index in [9.17, 15) is 4.79 Å². The number of carbonyl (C=O) groups is 1. The number of hydrogen-bond donors (Lipinski definition) is 1. The van der Waals surface area contributed by atoms with Crippen LogP contribution in [-0.4, -0.2) is 24.3 Å². The molecule has 1 unspecified atom stereocenters. The zero-order valence-electron chi connectivity index (χ0n) is 7.25. The Bertz CT molecular complexity index is 194. The fourth-order valence-electron chi connectivity index (χ4n) is 1.26. The van der Waals surface area contributed by atoms with Crippen LogP contribution in [0.2, 0.25) is 0 Å². The predicted molar refractivity (Wildman–Crippen MR) is 44.5 cm³/mol. The first-order valence-corrected chi connectivity index (χ1v) is 4.17. The molecule has 0 spiro atoms. The third-order valence-electron chi connectivity index (χ3n) is 2.16. The van der Waals surface area contributed by atoms with Crippen LogP contribution in [0.1, 0.15) is 19.8 Å². The molecule has 0 aromatic rings. The fourth-order valence-corrected chi connectivity index (χ4v) is 1.26. The Hall–Kier alpha value is -0.830. The summed E-state index contributed by atoms with van der Waals surface area (Å²) in [7, 11) is 0. The summed E-state index contributed by atoms with van der Waals surface area (Å²) >= 11 is 0. The second-order valence-corrected chi connectivity index (χ2v) is 3.00. The van der Waals surface area contributed by atoms with E-state index in [1.54, 1.807) is 0 Å². The van der Waals surface area contributed by atoms with E-state index < -0.39 is 0 Å². The molecular formula is C9H14O3. The molecule has 3 nitrogen and oxygen atoms in total. The Morgan fingerprint density at radius 1 is 1.83 bits per heavy atom. The second-order valence-electron chi connectivity index (χ2n) is 3.00. The highest BCUT2D eigenvalue weighted by Crippen LogP contribution is 2.32. The fraction of sp³-hybridized carbons (Fsp3) is 0.667. The van der Waals surface area contributed by atoms with Gasteiger partial charge in [0.2, 0.25) is 0 Å². The quantitative estimate of drug-likeness (QED) is 0.505. The lowest BCUT2D eigenvalue weighted by Crippen LogP contribution is -2.20. The third kappa shape index (κ3) is 2.34. The maximum Gasteiger partial charge on any atom is 0.302 e. The molecular weight excluding hydrogens is 156 g/mol. The predicted octanol–water partition coefficient (Wildman–Crippen LogP) is 0.878. The zero-order chi connectivity index (χ0) is 8.97. The number of aliphatic hydroxyl groups is 1. The largest absolute Gasteiger partial charge is 0.462 e. The highest BCUT2D eigenvalue weighted by molar-refractivity contribution is 5.66. The average molecular weight is 170 g/mol. The van der Waals surface area contributed by atoms with Gasteiger partial charge in [-0.25, -0.2) is 0 Å². The monoisotopic (exact) mass is 170 g/mol. The Balaban J connectivity index is 2.23. The molecule has 0 bridgehead atoms. The SMILES string of the molecule is CC(=O)OC/C=C1/CCC1CO. The number of carbonyl (C=O) groups excluding carboxylic acids is 1. The summed E-state index contributed by atoms with van der Waals surface area (Å²) in [6.07, 6.45) is 3.99. The Kier molecular flexibility index (Phi) is 3.29. The van der Waals surface area contributed by atoms with Crippen LogP contribution >= 0.6 is 0 Å². The van der Waals surface area contributed by atoms with Crippen LogP contribution in [0.15, 0.2) is 11.6 Å². The lowest BCUT2D eigenvalue weighted by molar-refractivity contribution is -0.139. The van der Waals surface area contributed by atoms with Gasteiger partial charge in [-0.2, -0.15) is 0 Å². The normalized spacial score (nSPS) is 25.2. The topological polar surface area (TPSA) is 46.5 Å². The molecule has 1 aliphatic rings. The molecule has 0 radical (unpaired) electrons. The number of hydrogen-bond acceptors (Lipinski definition) is 3. The summed E-state index contributed by atoms with van der Waals surface area (Å²) in [5.41, 5.74) is 1.22. The molecule has 0 aromatic carbocycles. The van der Waals surface area contributed by atoms with Gasteiger partial charge in [-0.3, -0.25) is 4.79 Å². The summed E-state index contributed by atoms with van der Waals surface area (Å²) in [6.45, 7) is 1.95. The minimum absolute atomic E-state index is 0.214. The first-order chi connectivity index (χ1) is 5.74. The molecule has 68 valence electrons. The molecule has 1 fully saturated rings. The van der Waals surface area contributed by atoms with Crippen molar-refractivity contribution in [3.63, 3.8) is 0 Å². The zero-order valence-corrected chi connectivity index (χ0v) is 7.25. The molecule has 3 heteroatoms. The molecule has 12 heavy (non-hydrogen) atoms. The van der Waals surface area contributed by atoms with Crippen LogP contribution in [0.3, 0.4) is 0 Å². The molecule has 0 aliphatic heterocycles. The van der Waals surface area contributed by atoms with Gasteiger partial charge in [0.15, 0.2) is 0 Å². The van der Waals surface area contributed by atoms with Crippen molar-refractivity contribution in [2.45, 2.75) is 19.8 Å². The van der Waals surface area contributed by atoms with Crippen molar-refractivity contribution in [2.24, 2.45) is 5.92 Å². The highest BCUT2D eigenvalue weighted by Gasteiger charge is 2.22. The highest BCUT2D eigenvalue weighted by atomic mass is 16.5. The molecule has 0 aromatic heterocycles. The summed E-state index contributed by atoms with van der Waals surface area (Å²) in [5.74, 6) is 0.0623. The van der Waals surface area contributed by atoms with Crippen LogP contribution in [0.4, 0.5) is 0 Å². The average Bonchev–Trinajstić information content (AvgIpc) is 1.96. The van der Waals surface area contributed by atoms with Gasteiger partial charge in [0, 0.05) is 19.4 Å². The van der Waals surface area contributed by atoms with E-state index >= 15 is 0 Å². The van der Waals surface area contributed by atoms with Crippen molar-refractivity contribution in [2.75, 3.05) is 13.2 Å². The Morgan fingerprint density at radius 3 is 3.00 bits per heavy atom. The van der Waals surface area contributed by atoms with Crippen molar-refractivity contribution >= 4 is 5.97 Å². The smallest absolute Gasteiger partial charge is 0.302 e. The van der Waals surface area contributed by atoms with Crippen molar-refractivity contribution < 1.29 is 14.6 Å². The number of esters is 1. The van der Waals surface area contributed by atoms with Crippen LogP contribution < -0.4 is 0 Å². The maximum atomic E-state index is 10.4. The summed E-state index contributed by atoms with van der Waals surface area (Å²) in [4.78, 5) is 10.4. The summed E-state index contributed by atoms with van der Waals surface area (Å²) in [5, 5.41) is 8.82. The van der Waals surface area contributed by atoms with Gasteiger partial charge in [-0.05, 0) is 18.9 Å². The number of aliphatic hydroxyl groups excluding tert-OH is 1. The van der Waals surface area contributed by atoms with Crippen molar-refractivity contribution in [1.29, 1.82) is 0 Å². The van der Waals surface area contributed by atoms with Gasteiger partial charge in [-0.15, -0.1) is 0 Å². The molecule has 1 N–H and O–H groups in total. The molecule has 0 amide bonds. The van der Waals surface area contributed by atoms with E-state index in [4.69, 9.17) is 9.84 Å². The maximum absolute atomic E-state index is 10.4. The minimum Gasteiger partial charge on any atom is -0.462 e. The molecule has 1 saturated carbocycles. The van der Waals surface area contributed by atoms with Crippen LogP contribution in [-0.2, 0) is 9.53 Å². The van der Waals surface area contributed by atoms with Crippen molar-refractivity contribution in [1.82, 2.24) is 0 Å². The first-order valence-electron chi connectivity index (χ1n) is 4.17. The van der Waals surface area contributed by atoms with Gasteiger partial charge >= 0.3 is 5.97 Å². The van der Waals surface area contributed by atoms with Gasteiger partial charge in [0.1, 0.15) is 6.61 Å². The van der Waals surface area contributed by atoms with E-state index in [1.807, 2.05) is 6.08 Å². The minimum atomic E-state index is -0.258. The van der Waals surface area contributed by atoms with E-state index in [0.29, 0.717) is 12.5 Å². The summed E-state index contributed by atoms with van der Waals surface area (Å²) < 4.78 is 4.74. The molecule has 1 rings (SSSR count). The van der Waals surface area contributed by atoms with Crippen LogP contribution in [0.5, 0.6) is 0 Å². The summed E-state index contributed by atoms with van der Waals surface area (Å²) in [6, 6.07) is 0. The van der Waals surface area contributed by atoms with Crippen LogP contribution in [0, 0.1) is 5.92 Å². The first kappa shape index (κ1) is 9.26. The Morgan fingerprint density at radius 2 is 2.58 bits per heavy atom. The number of rotatable bonds is 3. The lowest BCUT2D eigenvalue weighted by atomic mass is 9.80. The third-order valence-corrected chi connectivity index (χ3v) is 2.16. The number of ether oxygens (including phenoxy) is 1. The van der Waals surface area contributed by atoms with E-state index in [0.717, 1.165) is 12.8 Å².